The summed E-state index contributed by atoms with van der Waals surface area (Å²) in [4.78, 5) is 31.8. The second kappa shape index (κ2) is 13.0. The van der Waals surface area contributed by atoms with Gasteiger partial charge >= 0.3 is 12.2 Å². The fourth-order valence-corrected chi connectivity index (χ4v) is 3.08. The van der Waals surface area contributed by atoms with Crippen LogP contribution in [0.15, 0.2) is 24.3 Å². The molecule has 0 aliphatic carbocycles. The first-order valence-corrected chi connectivity index (χ1v) is 10.2. The maximum Gasteiger partial charge on any atom is 0.416 e. The largest absolute Gasteiger partial charge is 0.477 e. The minimum Gasteiger partial charge on any atom is -0.477 e. The van der Waals surface area contributed by atoms with Crippen LogP contribution in [0.4, 0.5) is 29.7 Å². The number of nitrogens with two attached hydrogens (primary N) is 2. The molecule has 1 aromatic heterocycles. The van der Waals surface area contributed by atoms with Crippen molar-refractivity contribution in [1.82, 2.24) is 15.3 Å². The first kappa shape index (κ1) is 29.0. The van der Waals surface area contributed by atoms with E-state index in [1.165, 1.54) is 12.1 Å². The lowest BCUT2D eigenvalue weighted by Crippen LogP contribution is -2.34. The Morgan fingerprint density at radius 2 is 2.00 bits per heavy atom. The average Bonchev–Trinajstić information content (AvgIpc) is 2.75. The minimum atomic E-state index is -4.55. The number of nitrogen functional groups attached to an aromatic ring is 1. The number of urea groups is 1. The normalized spacial score (nSPS) is 11.5. The van der Waals surface area contributed by atoms with Gasteiger partial charge in [0.05, 0.1) is 18.2 Å². The third-order valence-electron chi connectivity index (χ3n) is 4.59. The molecule has 0 aliphatic rings. The minimum absolute atomic E-state index is 0. The van der Waals surface area contributed by atoms with Gasteiger partial charge in [0.25, 0.3) is 0 Å². The van der Waals surface area contributed by atoms with Gasteiger partial charge in [-0.05, 0) is 31.4 Å². The number of carbonyl (C=O) groups is 2. The van der Waals surface area contributed by atoms with Crippen LogP contribution in [0.25, 0.3) is 0 Å². The molecule has 6 N–H and O–H groups in total. The molecule has 1 atom stereocenters. The lowest BCUT2D eigenvalue weighted by Gasteiger charge is -2.20. The molecule has 0 aliphatic heterocycles. The zero-order valence-corrected chi connectivity index (χ0v) is 18.3. The van der Waals surface area contributed by atoms with Crippen molar-refractivity contribution in [3.8, 4) is 11.9 Å². The molecule has 35 heavy (non-hydrogen) atoms. The molecule has 2 amide bonds. The Kier molecular flexibility index (Phi) is 10.7. The molecule has 0 unspecified atom stereocenters. The summed E-state index contributed by atoms with van der Waals surface area (Å²) >= 11 is 0. The monoisotopic (exact) mass is 495 g/mol. The number of nitriles is 1. The highest BCUT2D eigenvalue weighted by Crippen LogP contribution is 2.30. The molecule has 1 aromatic carbocycles. The number of aromatic nitrogens is 2. The Hall–Kier alpha value is -4.08. The highest BCUT2D eigenvalue weighted by atomic mass is 19.4. The third-order valence-corrected chi connectivity index (χ3v) is 4.59. The summed E-state index contributed by atoms with van der Waals surface area (Å²) in [6, 6.07) is 4.64. The molecule has 13 heteroatoms. The number of carbonyl (C=O) groups excluding carboxylic acids is 2. The van der Waals surface area contributed by atoms with E-state index in [2.05, 4.69) is 20.6 Å². The Balaban J connectivity index is 0.00000612. The van der Waals surface area contributed by atoms with Crippen LogP contribution >= 0.6 is 0 Å². The van der Waals surface area contributed by atoms with Gasteiger partial charge in [-0.25, -0.2) is 4.79 Å². The van der Waals surface area contributed by atoms with E-state index in [-0.39, 0.29) is 62.2 Å². The Morgan fingerprint density at radius 1 is 1.29 bits per heavy atom. The second-order valence-electron chi connectivity index (χ2n) is 7.13. The van der Waals surface area contributed by atoms with Crippen molar-refractivity contribution in [2.45, 2.75) is 45.8 Å². The number of hydrogen-bond acceptors (Lipinski definition) is 8. The molecule has 10 nitrogen and oxygen atoms in total. The Bertz CT molecular complexity index is 1070. The number of ketones is 1. The number of rotatable bonds is 11. The van der Waals surface area contributed by atoms with E-state index < -0.39 is 29.6 Å². The van der Waals surface area contributed by atoms with Gasteiger partial charge in [0.1, 0.15) is 6.07 Å². The molecule has 2 rings (SSSR count). The van der Waals surface area contributed by atoms with Gasteiger partial charge in [0, 0.05) is 13.0 Å². The van der Waals surface area contributed by atoms with E-state index in [1.807, 2.05) is 6.07 Å². The number of halogens is 3. The molecule has 0 radical (unpaired) electrons. The first-order valence-electron chi connectivity index (χ1n) is 10.2. The van der Waals surface area contributed by atoms with Crippen molar-refractivity contribution in [1.29, 1.82) is 5.26 Å². The second-order valence-corrected chi connectivity index (χ2v) is 7.13. The molecule has 0 saturated carbocycles. The SMILES string of the molecule is C.CCOc1nc(N)nc(N[C@@H](CCCNC(N)=O)C(=O)Cc2cccc(C(F)(F)F)c2)c1C#N. The van der Waals surface area contributed by atoms with E-state index in [1.54, 1.807) is 6.92 Å². The van der Waals surface area contributed by atoms with Crippen molar-refractivity contribution >= 4 is 23.6 Å². The fourth-order valence-electron chi connectivity index (χ4n) is 3.08. The first-order chi connectivity index (χ1) is 16.0. The van der Waals surface area contributed by atoms with Gasteiger partial charge in [0.2, 0.25) is 11.8 Å². The smallest absolute Gasteiger partial charge is 0.416 e. The van der Waals surface area contributed by atoms with E-state index in [4.69, 9.17) is 16.2 Å². The van der Waals surface area contributed by atoms with Gasteiger partial charge < -0.3 is 26.8 Å². The van der Waals surface area contributed by atoms with Crippen LogP contribution in [0.2, 0.25) is 0 Å². The molecule has 2 aromatic rings. The predicted octanol–water partition coefficient (Wildman–Crippen LogP) is 3.02. The van der Waals surface area contributed by atoms with Gasteiger partial charge in [-0.2, -0.15) is 28.4 Å². The van der Waals surface area contributed by atoms with Crippen LogP contribution < -0.4 is 26.8 Å². The van der Waals surface area contributed by atoms with Gasteiger partial charge in [-0.3, -0.25) is 4.79 Å². The summed E-state index contributed by atoms with van der Waals surface area (Å²) in [5.41, 5.74) is 9.95. The molecule has 0 saturated heterocycles. The van der Waals surface area contributed by atoms with Crippen LogP contribution in [0.1, 0.15) is 43.9 Å². The molecule has 0 fully saturated rings. The maximum absolute atomic E-state index is 13.1. The number of amides is 2. The number of nitrogens with one attached hydrogen (secondary N) is 2. The van der Waals surface area contributed by atoms with E-state index >= 15 is 0 Å². The summed E-state index contributed by atoms with van der Waals surface area (Å²) < 4.78 is 44.4. The Morgan fingerprint density at radius 3 is 2.60 bits per heavy atom. The van der Waals surface area contributed by atoms with Crippen molar-refractivity contribution in [3.05, 3.63) is 41.0 Å². The molecular formula is C22H28F3N7O3. The fraction of sp³-hybridized carbons (Fsp3) is 0.409. The zero-order chi connectivity index (χ0) is 25.3. The predicted molar refractivity (Wildman–Crippen MR) is 123 cm³/mol. The van der Waals surface area contributed by atoms with Crippen LogP contribution in [0.5, 0.6) is 5.88 Å². The van der Waals surface area contributed by atoms with Crippen LogP contribution in [0.3, 0.4) is 0 Å². The summed E-state index contributed by atoms with van der Waals surface area (Å²) in [6.45, 7) is 2.03. The lowest BCUT2D eigenvalue weighted by molar-refractivity contribution is -0.137. The molecule has 190 valence electrons. The summed E-state index contributed by atoms with van der Waals surface area (Å²) in [5, 5.41) is 14.8. The number of ether oxygens (including phenoxy) is 1. The molecule has 0 spiro atoms. The van der Waals surface area contributed by atoms with Crippen molar-refractivity contribution in [2.75, 3.05) is 24.2 Å². The van der Waals surface area contributed by atoms with Gasteiger partial charge in [-0.1, -0.05) is 25.6 Å². The van der Waals surface area contributed by atoms with Crippen molar-refractivity contribution in [3.63, 3.8) is 0 Å². The summed E-state index contributed by atoms with van der Waals surface area (Å²) in [7, 11) is 0. The van der Waals surface area contributed by atoms with Crippen LogP contribution in [-0.4, -0.2) is 41.0 Å². The summed E-state index contributed by atoms with van der Waals surface area (Å²) in [5.74, 6) is -0.787. The molecule has 0 bridgehead atoms. The van der Waals surface area contributed by atoms with Crippen molar-refractivity contribution < 1.29 is 27.5 Å². The number of primary amides is 1. The van der Waals surface area contributed by atoms with Gasteiger partial charge in [0.15, 0.2) is 17.2 Å². The van der Waals surface area contributed by atoms with E-state index in [9.17, 15) is 28.0 Å². The number of benzene rings is 1. The topological polar surface area (TPSA) is 169 Å². The van der Waals surface area contributed by atoms with Gasteiger partial charge in [-0.15, -0.1) is 0 Å². The van der Waals surface area contributed by atoms with E-state index in [0.29, 0.717) is 6.42 Å². The quantitative estimate of drug-likeness (QED) is 0.345. The lowest BCUT2D eigenvalue weighted by atomic mass is 9.98. The maximum atomic E-state index is 13.1. The van der Waals surface area contributed by atoms with E-state index in [0.717, 1.165) is 12.1 Å². The number of anilines is 2. The number of Topliss-reactive ketones (excluding diaryl/α,β-unsaturated/α-hetero) is 1. The zero-order valence-electron chi connectivity index (χ0n) is 18.3. The Labute approximate surface area is 200 Å². The highest BCUT2D eigenvalue weighted by Gasteiger charge is 2.31. The summed E-state index contributed by atoms with van der Waals surface area (Å²) in [6.07, 6.45) is -4.41. The average molecular weight is 496 g/mol. The van der Waals surface area contributed by atoms with Crippen LogP contribution in [-0.2, 0) is 17.4 Å². The number of nitrogens with zero attached hydrogens (tertiary/aromatic N) is 3. The number of hydrogen-bond donors (Lipinski definition) is 4. The van der Waals surface area contributed by atoms with Crippen molar-refractivity contribution in [2.24, 2.45) is 5.73 Å². The van der Waals surface area contributed by atoms with Crippen LogP contribution in [0, 0.1) is 11.3 Å². The number of alkyl halides is 3. The molecular weight excluding hydrogens is 467 g/mol. The highest BCUT2D eigenvalue weighted by molar-refractivity contribution is 5.88. The molecule has 1 heterocycles. The third kappa shape index (κ3) is 8.65. The standard InChI is InChI=1S/C21H24F3N7O3.CH4/c1-2-34-18-14(11-25)17(30-19(26)31-18)29-15(7-4-8-28-20(27)33)16(32)10-12-5-3-6-13(9-12)21(22,23)24;/h3,5-6,9,15H,2,4,7-8,10H2,1H3,(H3,27,28,33)(H3,26,29,30,31);1H4/t15-;/m0./s1.